The summed E-state index contributed by atoms with van der Waals surface area (Å²) in [5.74, 6) is 5.86. The zero-order valence-electron chi connectivity index (χ0n) is 19.0. The van der Waals surface area contributed by atoms with Crippen molar-refractivity contribution in [3.8, 4) is 0 Å². The van der Waals surface area contributed by atoms with Gasteiger partial charge in [-0.25, -0.2) is 0 Å². The number of hydrogen-bond acceptors (Lipinski definition) is 0. The van der Waals surface area contributed by atoms with Gasteiger partial charge in [-0.1, -0.05) is 71.0 Å². The van der Waals surface area contributed by atoms with Crippen LogP contribution in [0.3, 0.4) is 0 Å². The molecule has 154 valence electrons. The van der Waals surface area contributed by atoms with Gasteiger partial charge in [-0.3, -0.25) is 0 Å². The van der Waals surface area contributed by atoms with Crippen LogP contribution in [0.5, 0.6) is 0 Å². The summed E-state index contributed by atoms with van der Waals surface area (Å²) in [7, 11) is 0. The lowest BCUT2D eigenvalue weighted by atomic mass is 9.53. The summed E-state index contributed by atoms with van der Waals surface area (Å²) in [6, 6.07) is 9.36. The predicted octanol–water partition coefficient (Wildman–Crippen LogP) is 8.03. The Morgan fingerprint density at radius 1 is 1.04 bits per heavy atom. The second-order valence-corrected chi connectivity index (χ2v) is 10.9. The third-order valence-electron chi connectivity index (χ3n) is 9.34. The molecular formula is C28H42. The predicted molar refractivity (Wildman–Crippen MR) is 121 cm³/mol. The van der Waals surface area contributed by atoms with Crippen molar-refractivity contribution in [2.24, 2.45) is 40.9 Å². The van der Waals surface area contributed by atoms with Gasteiger partial charge in [0.15, 0.2) is 0 Å². The van der Waals surface area contributed by atoms with E-state index in [1.54, 1.807) is 11.1 Å². The maximum absolute atomic E-state index is 2.68. The monoisotopic (exact) mass is 378 g/mol. The number of benzene rings is 1. The van der Waals surface area contributed by atoms with E-state index < -0.39 is 0 Å². The minimum Gasteiger partial charge on any atom is -0.0851 e. The molecule has 0 amide bonds. The Kier molecular flexibility index (Phi) is 5.78. The molecule has 0 N–H and O–H groups in total. The fourth-order valence-corrected chi connectivity index (χ4v) is 7.71. The Labute approximate surface area is 174 Å². The van der Waals surface area contributed by atoms with Crippen molar-refractivity contribution in [3.63, 3.8) is 0 Å². The third kappa shape index (κ3) is 3.40. The van der Waals surface area contributed by atoms with Crippen molar-refractivity contribution in [2.75, 3.05) is 0 Å². The molecule has 4 rings (SSSR count). The molecule has 0 radical (unpaired) electrons. The van der Waals surface area contributed by atoms with Gasteiger partial charge in [-0.2, -0.15) is 0 Å². The maximum atomic E-state index is 2.68. The minimum absolute atomic E-state index is 0.566. The number of fused-ring (bicyclic) bond motifs is 5. The van der Waals surface area contributed by atoms with Crippen molar-refractivity contribution in [2.45, 2.75) is 85.5 Å². The van der Waals surface area contributed by atoms with E-state index in [2.05, 4.69) is 71.0 Å². The highest BCUT2D eigenvalue weighted by molar-refractivity contribution is 5.35. The van der Waals surface area contributed by atoms with Gasteiger partial charge >= 0.3 is 0 Å². The number of aryl methyl sites for hydroxylation is 1. The van der Waals surface area contributed by atoms with Crippen LogP contribution in [0.15, 0.2) is 36.4 Å². The van der Waals surface area contributed by atoms with E-state index in [0.29, 0.717) is 5.41 Å². The quantitative estimate of drug-likeness (QED) is 0.455. The molecule has 1 aromatic rings. The summed E-state index contributed by atoms with van der Waals surface area (Å²) in [6.07, 6.45) is 15.0. The lowest BCUT2D eigenvalue weighted by Crippen LogP contribution is -2.43. The second kappa shape index (κ2) is 8.00. The third-order valence-corrected chi connectivity index (χ3v) is 9.34. The number of hydrogen-bond donors (Lipinski definition) is 0. The molecule has 0 bridgehead atoms. The standard InChI is InChI=1S/C28H42/c1-6-21(19(2)3)12-11-20(4)26-15-16-27-25-14-13-22-9-7-8-10-23(22)24(25)17-18-28(26,27)5/h7-12,19-21,24-27H,6,13-18H2,1-5H3/t20-,21-,24-,25-,26-,27+,28-/m1/s1. The van der Waals surface area contributed by atoms with Crippen LogP contribution >= 0.6 is 0 Å². The van der Waals surface area contributed by atoms with Crippen molar-refractivity contribution >= 4 is 0 Å². The Morgan fingerprint density at radius 2 is 1.82 bits per heavy atom. The molecule has 1 aromatic carbocycles. The minimum atomic E-state index is 0.566. The Hall–Kier alpha value is -1.04. The summed E-state index contributed by atoms with van der Waals surface area (Å²) < 4.78 is 0. The molecular weight excluding hydrogens is 336 g/mol. The van der Waals surface area contributed by atoms with E-state index in [9.17, 15) is 0 Å². The number of rotatable bonds is 5. The van der Waals surface area contributed by atoms with Crippen molar-refractivity contribution in [1.82, 2.24) is 0 Å². The van der Waals surface area contributed by atoms with Crippen LogP contribution in [0.1, 0.15) is 90.2 Å². The SMILES string of the molecule is CC[C@H](C=C[C@@H](C)[C@H]1CC[C@H]2[C@@H]3CCc4ccccc4[C@H]3CC[C@]12C)C(C)C. The molecule has 0 spiro atoms. The van der Waals surface area contributed by atoms with Crippen LogP contribution in [0.4, 0.5) is 0 Å². The first kappa shape index (κ1) is 20.2. The zero-order chi connectivity index (χ0) is 19.9. The number of allylic oxidation sites excluding steroid dienone is 2. The fourth-order valence-electron chi connectivity index (χ4n) is 7.71. The largest absolute Gasteiger partial charge is 0.0851 e. The smallest absolute Gasteiger partial charge is 0.0128 e. The summed E-state index contributed by atoms with van der Waals surface area (Å²) >= 11 is 0. The molecule has 0 aromatic heterocycles. The molecule has 0 saturated heterocycles. The van der Waals surface area contributed by atoms with E-state index in [4.69, 9.17) is 0 Å². The van der Waals surface area contributed by atoms with Gasteiger partial charge < -0.3 is 0 Å². The van der Waals surface area contributed by atoms with Gasteiger partial charge in [-0.05, 0) is 103 Å². The Morgan fingerprint density at radius 3 is 2.57 bits per heavy atom. The average Bonchev–Trinajstić information content (AvgIpc) is 3.05. The van der Waals surface area contributed by atoms with Gasteiger partial charge in [0.05, 0.1) is 0 Å². The van der Waals surface area contributed by atoms with Gasteiger partial charge in [0.2, 0.25) is 0 Å². The molecule has 0 nitrogen and oxygen atoms in total. The molecule has 0 unspecified atom stereocenters. The van der Waals surface area contributed by atoms with Crippen molar-refractivity contribution in [1.29, 1.82) is 0 Å². The van der Waals surface area contributed by atoms with E-state index in [-0.39, 0.29) is 0 Å². The lowest BCUT2D eigenvalue weighted by molar-refractivity contribution is 0.0178. The molecule has 2 fully saturated rings. The summed E-state index contributed by atoms with van der Waals surface area (Å²) in [5.41, 5.74) is 3.92. The lowest BCUT2D eigenvalue weighted by Gasteiger charge is -2.51. The van der Waals surface area contributed by atoms with Crippen LogP contribution in [0.25, 0.3) is 0 Å². The Balaban J connectivity index is 1.52. The molecule has 28 heavy (non-hydrogen) atoms. The van der Waals surface area contributed by atoms with E-state index in [1.165, 1.54) is 44.9 Å². The molecule has 3 aliphatic rings. The first-order valence-corrected chi connectivity index (χ1v) is 12.2. The highest BCUT2D eigenvalue weighted by Gasteiger charge is 2.55. The molecule has 0 heterocycles. The molecule has 0 heteroatoms. The summed E-state index contributed by atoms with van der Waals surface area (Å²) in [6.45, 7) is 12.3. The van der Waals surface area contributed by atoms with E-state index in [1.807, 2.05) is 0 Å². The van der Waals surface area contributed by atoms with Crippen LogP contribution in [-0.4, -0.2) is 0 Å². The van der Waals surface area contributed by atoms with Gasteiger partial charge in [0.25, 0.3) is 0 Å². The molecule has 3 aliphatic carbocycles. The molecule has 7 atom stereocenters. The van der Waals surface area contributed by atoms with Crippen LogP contribution in [0.2, 0.25) is 0 Å². The maximum Gasteiger partial charge on any atom is -0.0128 e. The highest BCUT2D eigenvalue weighted by atomic mass is 14.6. The van der Waals surface area contributed by atoms with E-state index >= 15 is 0 Å². The van der Waals surface area contributed by atoms with Crippen molar-refractivity contribution < 1.29 is 0 Å². The first-order chi connectivity index (χ1) is 13.5. The van der Waals surface area contributed by atoms with Gasteiger partial charge in [0, 0.05) is 0 Å². The van der Waals surface area contributed by atoms with Crippen LogP contribution < -0.4 is 0 Å². The zero-order valence-corrected chi connectivity index (χ0v) is 19.0. The normalized spacial score (nSPS) is 36.8. The second-order valence-electron chi connectivity index (χ2n) is 10.9. The summed E-state index contributed by atoms with van der Waals surface area (Å²) in [5, 5.41) is 0. The van der Waals surface area contributed by atoms with Crippen LogP contribution in [-0.2, 0) is 6.42 Å². The average molecular weight is 379 g/mol. The Bertz CT molecular complexity index is 698. The van der Waals surface area contributed by atoms with Crippen LogP contribution in [0, 0.1) is 40.9 Å². The molecule has 0 aliphatic heterocycles. The van der Waals surface area contributed by atoms with Crippen molar-refractivity contribution in [3.05, 3.63) is 47.5 Å². The summed E-state index contributed by atoms with van der Waals surface area (Å²) in [4.78, 5) is 0. The van der Waals surface area contributed by atoms with E-state index in [0.717, 1.165) is 41.4 Å². The molecule has 2 saturated carbocycles. The first-order valence-electron chi connectivity index (χ1n) is 12.2. The fraction of sp³-hybridized carbons (Fsp3) is 0.714. The van der Waals surface area contributed by atoms with Gasteiger partial charge in [0.1, 0.15) is 0 Å². The van der Waals surface area contributed by atoms with Gasteiger partial charge in [-0.15, -0.1) is 0 Å². The highest BCUT2D eigenvalue weighted by Crippen LogP contribution is 2.64. The topological polar surface area (TPSA) is 0 Å².